The maximum Gasteiger partial charge on any atom is 0.322 e. The van der Waals surface area contributed by atoms with Gasteiger partial charge in [-0.3, -0.25) is 9.36 Å². The van der Waals surface area contributed by atoms with E-state index in [9.17, 15) is 9.59 Å². The Hall–Kier alpha value is -2.64. The third-order valence-corrected chi connectivity index (χ3v) is 5.91. The van der Waals surface area contributed by atoms with Crippen LogP contribution in [0.4, 0.5) is 10.5 Å². The number of thiophene rings is 1. The molecule has 1 aliphatic heterocycles. The summed E-state index contributed by atoms with van der Waals surface area (Å²) in [7, 11) is 0. The van der Waals surface area contributed by atoms with Gasteiger partial charge >= 0.3 is 6.03 Å². The van der Waals surface area contributed by atoms with Gasteiger partial charge in [0.1, 0.15) is 4.83 Å². The van der Waals surface area contributed by atoms with E-state index < -0.39 is 0 Å². The molecular formula is C19H17ClN4O2S. The van der Waals surface area contributed by atoms with Crippen molar-refractivity contribution in [1.82, 2.24) is 14.5 Å². The standard InChI is InChI=1S/C19H17ClN4O2S/c1-2-8-24-11-21-17-16(18(24)25)14-7-9-23(10-15(14)27-17)19(26)22-13-5-3-12(20)4-6-13/h2-6,11H,1,7-10H2,(H,22,26). The first-order chi connectivity index (χ1) is 13.1. The highest BCUT2D eigenvalue weighted by atomic mass is 35.5. The third-order valence-electron chi connectivity index (χ3n) is 4.54. The molecule has 27 heavy (non-hydrogen) atoms. The Morgan fingerprint density at radius 2 is 2.15 bits per heavy atom. The third kappa shape index (κ3) is 3.36. The Balaban J connectivity index is 1.58. The van der Waals surface area contributed by atoms with Gasteiger partial charge in [-0.2, -0.15) is 0 Å². The molecule has 4 rings (SSSR count). The summed E-state index contributed by atoms with van der Waals surface area (Å²) in [5.41, 5.74) is 1.67. The first-order valence-corrected chi connectivity index (χ1v) is 9.68. The lowest BCUT2D eigenvalue weighted by atomic mass is 10.1. The van der Waals surface area contributed by atoms with Crippen LogP contribution in [0.2, 0.25) is 5.02 Å². The molecule has 1 N–H and O–H groups in total. The molecule has 2 amide bonds. The Morgan fingerprint density at radius 1 is 1.37 bits per heavy atom. The van der Waals surface area contributed by atoms with E-state index in [1.54, 1.807) is 46.1 Å². The number of rotatable bonds is 3. The SMILES string of the molecule is C=CCn1cnc2sc3c(c2c1=O)CCN(C(=O)Nc1ccc(Cl)cc1)C3. The normalized spacial score (nSPS) is 13.4. The van der Waals surface area contributed by atoms with Gasteiger partial charge in [0.25, 0.3) is 5.56 Å². The number of anilines is 1. The van der Waals surface area contributed by atoms with Gasteiger partial charge in [-0.05, 0) is 36.2 Å². The second-order valence-corrected chi connectivity index (χ2v) is 7.80. The number of carbonyl (C=O) groups excluding carboxylic acids is 1. The molecule has 0 radical (unpaired) electrons. The fraction of sp³-hybridized carbons (Fsp3) is 0.211. The van der Waals surface area contributed by atoms with Crippen LogP contribution in [0, 0.1) is 0 Å². The number of allylic oxidation sites excluding steroid dienone is 1. The molecule has 0 unspecified atom stereocenters. The molecule has 1 aromatic carbocycles. The zero-order valence-corrected chi connectivity index (χ0v) is 16.0. The molecule has 1 aliphatic rings. The summed E-state index contributed by atoms with van der Waals surface area (Å²) in [5.74, 6) is 0. The lowest BCUT2D eigenvalue weighted by Gasteiger charge is -2.27. The van der Waals surface area contributed by atoms with Crippen molar-refractivity contribution in [2.24, 2.45) is 0 Å². The highest BCUT2D eigenvalue weighted by Crippen LogP contribution is 2.32. The highest BCUT2D eigenvalue weighted by molar-refractivity contribution is 7.18. The van der Waals surface area contributed by atoms with E-state index in [0.717, 1.165) is 15.3 Å². The Bertz CT molecular complexity index is 1090. The Kier molecular flexibility index (Phi) is 4.72. The number of nitrogens with zero attached hydrogens (tertiary/aromatic N) is 3. The summed E-state index contributed by atoms with van der Waals surface area (Å²) in [6, 6.07) is 6.83. The van der Waals surface area contributed by atoms with Crippen LogP contribution in [0.3, 0.4) is 0 Å². The van der Waals surface area contributed by atoms with Gasteiger partial charge in [0, 0.05) is 28.7 Å². The zero-order valence-electron chi connectivity index (χ0n) is 14.4. The maximum absolute atomic E-state index is 12.7. The number of urea groups is 1. The second-order valence-electron chi connectivity index (χ2n) is 6.28. The fourth-order valence-corrected chi connectivity index (χ4v) is 4.52. The lowest BCUT2D eigenvalue weighted by Crippen LogP contribution is -2.38. The highest BCUT2D eigenvalue weighted by Gasteiger charge is 2.26. The van der Waals surface area contributed by atoms with Crippen molar-refractivity contribution in [2.75, 3.05) is 11.9 Å². The van der Waals surface area contributed by atoms with E-state index >= 15 is 0 Å². The number of nitrogens with one attached hydrogen (secondary N) is 1. The Morgan fingerprint density at radius 3 is 2.89 bits per heavy atom. The largest absolute Gasteiger partial charge is 0.322 e. The molecule has 0 spiro atoms. The molecular weight excluding hydrogens is 384 g/mol. The van der Waals surface area contributed by atoms with Crippen LogP contribution in [-0.4, -0.2) is 27.0 Å². The monoisotopic (exact) mass is 400 g/mol. The summed E-state index contributed by atoms with van der Waals surface area (Å²) in [6.07, 6.45) is 3.87. The molecule has 0 saturated carbocycles. The van der Waals surface area contributed by atoms with Gasteiger partial charge in [0.2, 0.25) is 0 Å². The summed E-state index contributed by atoms with van der Waals surface area (Å²) in [6.45, 7) is 5.13. The van der Waals surface area contributed by atoms with Crippen LogP contribution in [0.15, 0.2) is 48.0 Å². The van der Waals surface area contributed by atoms with Crippen molar-refractivity contribution in [3.63, 3.8) is 0 Å². The smallest absolute Gasteiger partial charge is 0.319 e. The van der Waals surface area contributed by atoms with E-state index in [1.807, 2.05) is 0 Å². The molecule has 138 valence electrons. The molecule has 0 fully saturated rings. The molecule has 6 nitrogen and oxygen atoms in total. The van der Waals surface area contributed by atoms with Gasteiger partial charge in [0.05, 0.1) is 18.3 Å². The van der Waals surface area contributed by atoms with Crippen LogP contribution >= 0.6 is 22.9 Å². The van der Waals surface area contributed by atoms with E-state index in [1.165, 1.54) is 11.3 Å². The van der Waals surface area contributed by atoms with E-state index in [4.69, 9.17) is 11.6 Å². The minimum absolute atomic E-state index is 0.0449. The number of halogens is 1. The van der Waals surface area contributed by atoms with Crippen LogP contribution in [0.25, 0.3) is 10.2 Å². The predicted octanol–water partition coefficient (Wildman–Crippen LogP) is 3.89. The summed E-state index contributed by atoms with van der Waals surface area (Å²) < 4.78 is 1.56. The maximum atomic E-state index is 12.7. The van der Waals surface area contributed by atoms with E-state index in [2.05, 4.69) is 16.9 Å². The number of carbonyl (C=O) groups is 1. The number of amides is 2. The van der Waals surface area contributed by atoms with Gasteiger partial charge in [0.15, 0.2) is 0 Å². The van der Waals surface area contributed by atoms with Crippen molar-refractivity contribution >= 4 is 44.9 Å². The molecule has 0 aliphatic carbocycles. The fourth-order valence-electron chi connectivity index (χ4n) is 3.20. The van der Waals surface area contributed by atoms with Crippen LogP contribution in [-0.2, 0) is 19.5 Å². The van der Waals surface area contributed by atoms with E-state index in [0.29, 0.717) is 42.2 Å². The van der Waals surface area contributed by atoms with Crippen molar-refractivity contribution in [2.45, 2.75) is 19.5 Å². The van der Waals surface area contributed by atoms with Gasteiger partial charge in [-0.25, -0.2) is 9.78 Å². The minimum Gasteiger partial charge on any atom is -0.319 e. The van der Waals surface area contributed by atoms with Crippen molar-refractivity contribution < 1.29 is 4.79 Å². The van der Waals surface area contributed by atoms with Crippen LogP contribution < -0.4 is 10.9 Å². The number of hydrogen-bond acceptors (Lipinski definition) is 4. The van der Waals surface area contributed by atoms with Crippen LogP contribution in [0.5, 0.6) is 0 Å². The molecule has 8 heteroatoms. The molecule has 3 heterocycles. The quantitative estimate of drug-likeness (QED) is 0.678. The molecule has 0 atom stereocenters. The molecule has 0 saturated heterocycles. The van der Waals surface area contributed by atoms with Gasteiger partial charge < -0.3 is 10.2 Å². The Labute approximate surface area is 164 Å². The second kappa shape index (κ2) is 7.17. The number of benzene rings is 1. The average Bonchev–Trinajstić information content (AvgIpc) is 3.04. The first kappa shape index (κ1) is 17.8. The topological polar surface area (TPSA) is 67.2 Å². The van der Waals surface area contributed by atoms with Crippen molar-refractivity contribution in [3.05, 3.63) is 69.1 Å². The number of hydrogen-bond donors (Lipinski definition) is 1. The number of aromatic nitrogens is 2. The van der Waals surface area contributed by atoms with Crippen molar-refractivity contribution in [3.8, 4) is 0 Å². The summed E-state index contributed by atoms with van der Waals surface area (Å²) >= 11 is 7.36. The first-order valence-electron chi connectivity index (χ1n) is 8.49. The zero-order chi connectivity index (χ0) is 19.0. The molecule has 3 aromatic rings. The molecule has 2 aromatic heterocycles. The predicted molar refractivity (Wildman–Crippen MR) is 109 cm³/mol. The van der Waals surface area contributed by atoms with Gasteiger partial charge in [-0.1, -0.05) is 17.7 Å². The molecule has 0 bridgehead atoms. The minimum atomic E-state index is -0.169. The summed E-state index contributed by atoms with van der Waals surface area (Å²) in [5, 5.41) is 4.18. The lowest BCUT2D eigenvalue weighted by molar-refractivity contribution is 0.207. The van der Waals surface area contributed by atoms with E-state index in [-0.39, 0.29) is 11.6 Å². The summed E-state index contributed by atoms with van der Waals surface area (Å²) in [4.78, 5) is 33.2. The van der Waals surface area contributed by atoms with Crippen molar-refractivity contribution in [1.29, 1.82) is 0 Å². The average molecular weight is 401 g/mol. The number of fused-ring (bicyclic) bond motifs is 3. The van der Waals surface area contributed by atoms with Crippen LogP contribution in [0.1, 0.15) is 10.4 Å². The van der Waals surface area contributed by atoms with Gasteiger partial charge in [-0.15, -0.1) is 17.9 Å².